The van der Waals surface area contributed by atoms with Gasteiger partial charge in [0.25, 0.3) is 5.91 Å². The van der Waals surface area contributed by atoms with Gasteiger partial charge >= 0.3 is 6.09 Å². The van der Waals surface area contributed by atoms with E-state index in [1.807, 2.05) is 36.9 Å². The summed E-state index contributed by atoms with van der Waals surface area (Å²) < 4.78 is 5.18. The van der Waals surface area contributed by atoms with Crippen molar-refractivity contribution >= 4 is 17.8 Å². The summed E-state index contributed by atoms with van der Waals surface area (Å²) in [5.74, 6) is 1.72. The van der Waals surface area contributed by atoms with Crippen LogP contribution in [0.3, 0.4) is 0 Å². The summed E-state index contributed by atoms with van der Waals surface area (Å²) in [4.78, 5) is 28.7. The number of aromatic nitrogens is 2. The Kier molecular flexibility index (Phi) is 6.34. The van der Waals surface area contributed by atoms with Gasteiger partial charge in [-0.1, -0.05) is 30.5 Å². The third kappa shape index (κ3) is 5.51. The maximum atomic E-state index is 12.9. The number of hydrogen-bond acceptors (Lipinski definition) is 6. The van der Waals surface area contributed by atoms with Gasteiger partial charge in [-0.2, -0.15) is 0 Å². The molecule has 0 unspecified atom stereocenters. The number of anilines is 1. The van der Waals surface area contributed by atoms with Gasteiger partial charge in [0, 0.05) is 44.4 Å². The van der Waals surface area contributed by atoms with E-state index in [-0.39, 0.29) is 11.8 Å². The van der Waals surface area contributed by atoms with Crippen molar-refractivity contribution in [1.82, 2.24) is 20.4 Å². The largest absolute Gasteiger partial charge is 0.413 e. The molecule has 8 heteroatoms. The van der Waals surface area contributed by atoms with Crippen LogP contribution in [-0.2, 0) is 0 Å². The fraction of sp³-hybridized carbons (Fsp3) is 0.478. The number of rotatable bonds is 6. The number of carbonyl (C=O) groups is 2. The molecule has 164 valence electrons. The summed E-state index contributed by atoms with van der Waals surface area (Å²) in [5, 5.41) is 11.0. The maximum Gasteiger partial charge on any atom is 0.413 e. The normalized spacial score (nSPS) is 16.2. The van der Waals surface area contributed by atoms with E-state index in [9.17, 15) is 9.59 Å². The Morgan fingerprint density at radius 1 is 1.06 bits per heavy atom. The van der Waals surface area contributed by atoms with E-state index in [2.05, 4.69) is 20.4 Å². The van der Waals surface area contributed by atoms with Crippen LogP contribution in [0.4, 0.5) is 10.6 Å². The zero-order valence-corrected chi connectivity index (χ0v) is 18.1. The average molecular weight is 424 g/mol. The zero-order chi connectivity index (χ0) is 21.8. The molecule has 2 fully saturated rings. The second-order valence-electron chi connectivity index (χ2n) is 8.38. The molecular formula is C23H29N5O3. The average Bonchev–Trinajstić information content (AvgIpc) is 3.60. The minimum Gasteiger partial charge on any atom is -0.390 e. The second kappa shape index (κ2) is 9.32. The molecular weight excluding hydrogens is 394 g/mol. The molecule has 4 rings (SSSR count). The number of nitrogens with one attached hydrogen (secondary N) is 1. The van der Waals surface area contributed by atoms with Crippen LogP contribution in [0.15, 0.2) is 30.3 Å². The lowest BCUT2D eigenvalue weighted by molar-refractivity contribution is 0.0745. The molecule has 0 radical (unpaired) electrons. The molecule has 1 saturated carbocycles. The van der Waals surface area contributed by atoms with Gasteiger partial charge in [0.2, 0.25) is 5.88 Å². The van der Waals surface area contributed by atoms with Crippen LogP contribution in [0, 0.1) is 19.8 Å². The number of amides is 2. The molecule has 1 N–H and O–H groups in total. The number of ether oxygens (including phenoxy) is 1. The zero-order valence-electron chi connectivity index (χ0n) is 18.1. The number of nitrogens with zero attached hydrogens (tertiary/aromatic N) is 4. The van der Waals surface area contributed by atoms with Gasteiger partial charge in [0.05, 0.1) is 0 Å². The monoisotopic (exact) mass is 423 g/mol. The van der Waals surface area contributed by atoms with Crippen LogP contribution in [0.5, 0.6) is 5.88 Å². The van der Waals surface area contributed by atoms with Crippen LogP contribution in [0.2, 0.25) is 0 Å². The lowest BCUT2D eigenvalue weighted by Crippen LogP contribution is -2.49. The molecule has 1 aliphatic carbocycles. The molecule has 8 nitrogen and oxygen atoms in total. The molecule has 2 aliphatic rings. The summed E-state index contributed by atoms with van der Waals surface area (Å²) in [6, 6.07) is 9.41. The summed E-state index contributed by atoms with van der Waals surface area (Å²) in [7, 11) is 0. The van der Waals surface area contributed by atoms with Gasteiger partial charge in [0.1, 0.15) is 0 Å². The van der Waals surface area contributed by atoms with Crippen molar-refractivity contribution in [3.05, 3.63) is 47.0 Å². The quantitative estimate of drug-likeness (QED) is 0.769. The van der Waals surface area contributed by atoms with Gasteiger partial charge in [-0.05, 0) is 43.9 Å². The minimum absolute atomic E-state index is 0.0726. The molecule has 1 saturated heterocycles. The molecule has 31 heavy (non-hydrogen) atoms. The fourth-order valence-corrected chi connectivity index (χ4v) is 3.73. The molecule has 2 aromatic rings. The summed E-state index contributed by atoms with van der Waals surface area (Å²) >= 11 is 0. The van der Waals surface area contributed by atoms with E-state index in [1.165, 1.54) is 12.8 Å². The fourth-order valence-electron chi connectivity index (χ4n) is 3.73. The Hall–Kier alpha value is -3.16. The lowest BCUT2D eigenvalue weighted by Gasteiger charge is -2.35. The Bertz CT molecular complexity index is 935. The van der Waals surface area contributed by atoms with Crippen molar-refractivity contribution in [3.8, 4) is 5.88 Å². The lowest BCUT2D eigenvalue weighted by atomic mass is 10.0. The number of benzene rings is 1. The number of aryl methyl sites for hydroxylation is 2. The highest BCUT2D eigenvalue weighted by Crippen LogP contribution is 2.31. The molecule has 0 atom stereocenters. The van der Waals surface area contributed by atoms with Crippen LogP contribution >= 0.6 is 0 Å². The SMILES string of the molecule is Cc1ccc(C)c(C(=O)N2CCN(c3ccc(OC(=O)NCCC4CC4)nn3)CC2)c1. The Morgan fingerprint density at radius 3 is 2.52 bits per heavy atom. The first-order chi connectivity index (χ1) is 15.0. The van der Waals surface area contributed by atoms with Crippen LogP contribution in [0.25, 0.3) is 0 Å². The Morgan fingerprint density at radius 2 is 1.84 bits per heavy atom. The highest BCUT2D eigenvalue weighted by molar-refractivity contribution is 5.96. The van der Waals surface area contributed by atoms with E-state index < -0.39 is 6.09 Å². The molecule has 2 amide bonds. The minimum atomic E-state index is -0.499. The van der Waals surface area contributed by atoms with Crippen molar-refractivity contribution in [2.75, 3.05) is 37.6 Å². The van der Waals surface area contributed by atoms with Crippen molar-refractivity contribution in [1.29, 1.82) is 0 Å². The first-order valence-corrected chi connectivity index (χ1v) is 10.9. The van der Waals surface area contributed by atoms with Crippen LogP contribution < -0.4 is 15.0 Å². The van der Waals surface area contributed by atoms with Crippen LogP contribution in [-0.4, -0.2) is 59.8 Å². The van der Waals surface area contributed by atoms with Crippen molar-refractivity contribution in [2.45, 2.75) is 33.1 Å². The third-order valence-corrected chi connectivity index (χ3v) is 5.86. The number of carbonyl (C=O) groups excluding carboxylic acids is 2. The second-order valence-corrected chi connectivity index (χ2v) is 8.38. The molecule has 1 aromatic carbocycles. The van der Waals surface area contributed by atoms with Crippen molar-refractivity contribution in [2.24, 2.45) is 5.92 Å². The van der Waals surface area contributed by atoms with Gasteiger partial charge in [0.15, 0.2) is 5.82 Å². The Balaban J connectivity index is 1.27. The summed E-state index contributed by atoms with van der Waals surface area (Å²) in [5.41, 5.74) is 2.85. The first kappa shape index (κ1) is 21.1. The van der Waals surface area contributed by atoms with E-state index in [1.54, 1.807) is 12.1 Å². The van der Waals surface area contributed by atoms with Crippen molar-refractivity contribution < 1.29 is 14.3 Å². The highest BCUT2D eigenvalue weighted by Gasteiger charge is 2.24. The number of hydrogen-bond donors (Lipinski definition) is 1. The predicted molar refractivity (Wildman–Crippen MR) is 117 cm³/mol. The van der Waals surface area contributed by atoms with E-state index in [0.717, 1.165) is 29.0 Å². The molecule has 1 aromatic heterocycles. The van der Waals surface area contributed by atoms with E-state index >= 15 is 0 Å². The number of piperazine rings is 1. The molecule has 0 bridgehead atoms. The van der Waals surface area contributed by atoms with Gasteiger partial charge < -0.3 is 19.9 Å². The van der Waals surface area contributed by atoms with Crippen LogP contribution in [0.1, 0.15) is 40.7 Å². The summed E-state index contributed by atoms with van der Waals surface area (Å²) in [6.07, 6.45) is 3.02. The molecule has 2 heterocycles. The smallest absolute Gasteiger partial charge is 0.390 e. The van der Waals surface area contributed by atoms with Gasteiger partial charge in [-0.15, -0.1) is 10.2 Å². The van der Waals surface area contributed by atoms with E-state index in [0.29, 0.717) is 38.5 Å². The maximum absolute atomic E-state index is 12.9. The Labute approximate surface area is 182 Å². The molecule has 0 spiro atoms. The van der Waals surface area contributed by atoms with E-state index in [4.69, 9.17) is 4.74 Å². The van der Waals surface area contributed by atoms with Gasteiger partial charge in [-0.3, -0.25) is 4.79 Å². The third-order valence-electron chi connectivity index (χ3n) is 5.86. The standard InChI is InChI=1S/C23H29N5O3/c1-16-3-4-17(2)19(15-16)22(29)28-13-11-27(12-14-28)20-7-8-21(26-25-20)31-23(30)24-10-9-18-5-6-18/h3-4,7-8,15,18H,5-6,9-14H2,1-2H3,(H,24,30). The first-order valence-electron chi connectivity index (χ1n) is 10.9. The topological polar surface area (TPSA) is 87.7 Å². The van der Waals surface area contributed by atoms with Gasteiger partial charge in [-0.25, -0.2) is 4.79 Å². The molecule has 1 aliphatic heterocycles. The highest BCUT2D eigenvalue weighted by atomic mass is 16.6. The van der Waals surface area contributed by atoms with Crippen molar-refractivity contribution in [3.63, 3.8) is 0 Å². The summed E-state index contributed by atoms with van der Waals surface area (Å²) in [6.45, 7) is 7.18. The predicted octanol–water partition coefficient (Wildman–Crippen LogP) is 2.94.